The van der Waals surface area contributed by atoms with E-state index in [4.69, 9.17) is 10.2 Å². The zero-order valence-corrected chi connectivity index (χ0v) is 9.27. The summed E-state index contributed by atoms with van der Waals surface area (Å²) in [5, 5.41) is 25.1. The molecule has 5 nitrogen and oxygen atoms in total. The summed E-state index contributed by atoms with van der Waals surface area (Å²) < 4.78 is 1.70. The third kappa shape index (κ3) is 3.99. The van der Waals surface area contributed by atoms with Crippen LogP contribution in [0.1, 0.15) is 19.4 Å². The molecule has 1 rings (SSSR count). The van der Waals surface area contributed by atoms with Crippen LogP contribution in [0, 0.1) is 0 Å². The lowest BCUT2D eigenvalue weighted by molar-refractivity contribution is 0.187. The topological polar surface area (TPSA) is 70.3 Å². The van der Waals surface area contributed by atoms with Gasteiger partial charge in [0.25, 0.3) is 0 Å². The number of hydrogen-bond donors (Lipinski definition) is 3. The summed E-state index contributed by atoms with van der Waals surface area (Å²) in [5.41, 5.74) is 0.768. The SMILES string of the molecule is CC(C)(CO)NCc1cnn(CCO)c1. The Morgan fingerprint density at radius 3 is 2.80 bits per heavy atom. The van der Waals surface area contributed by atoms with Gasteiger partial charge < -0.3 is 15.5 Å². The summed E-state index contributed by atoms with van der Waals surface area (Å²) in [5.74, 6) is 0. The highest BCUT2D eigenvalue weighted by atomic mass is 16.3. The lowest BCUT2D eigenvalue weighted by Gasteiger charge is -2.22. The van der Waals surface area contributed by atoms with Crippen molar-refractivity contribution in [3.63, 3.8) is 0 Å². The Hall–Kier alpha value is -0.910. The molecule has 5 heteroatoms. The van der Waals surface area contributed by atoms with E-state index in [9.17, 15) is 0 Å². The first-order chi connectivity index (χ1) is 7.07. The molecule has 15 heavy (non-hydrogen) atoms. The van der Waals surface area contributed by atoms with Crippen molar-refractivity contribution >= 4 is 0 Å². The average Bonchev–Trinajstić information content (AvgIpc) is 2.64. The van der Waals surface area contributed by atoms with Gasteiger partial charge in [-0.15, -0.1) is 0 Å². The molecule has 0 spiro atoms. The van der Waals surface area contributed by atoms with Gasteiger partial charge in [0.15, 0.2) is 0 Å². The van der Waals surface area contributed by atoms with Crippen LogP contribution >= 0.6 is 0 Å². The molecule has 86 valence electrons. The first kappa shape index (κ1) is 12.2. The molecule has 0 aliphatic heterocycles. The van der Waals surface area contributed by atoms with Crippen LogP contribution in [0.15, 0.2) is 12.4 Å². The van der Waals surface area contributed by atoms with Crippen LogP contribution in [-0.2, 0) is 13.1 Å². The summed E-state index contributed by atoms with van der Waals surface area (Å²) in [6, 6.07) is 0. The van der Waals surface area contributed by atoms with E-state index in [0.717, 1.165) is 5.56 Å². The van der Waals surface area contributed by atoms with Gasteiger partial charge in [-0.1, -0.05) is 0 Å². The van der Waals surface area contributed by atoms with E-state index in [2.05, 4.69) is 10.4 Å². The molecular formula is C10H19N3O2. The van der Waals surface area contributed by atoms with Crippen molar-refractivity contribution in [2.75, 3.05) is 13.2 Å². The van der Waals surface area contributed by atoms with Gasteiger partial charge in [0.2, 0.25) is 0 Å². The van der Waals surface area contributed by atoms with Crippen molar-refractivity contribution < 1.29 is 10.2 Å². The van der Waals surface area contributed by atoms with E-state index in [1.165, 1.54) is 0 Å². The second-order valence-electron chi connectivity index (χ2n) is 4.23. The van der Waals surface area contributed by atoms with Crippen LogP contribution in [0.25, 0.3) is 0 Å². The van der Waals surface area contributed by atoms with Gasteiger partial charge in [-0.2, -0.15) is 5.10 Å². The first-order valence-corrected chi connectivity index (χ1v) is 5.05. The van der Waals surface area contributed by atoms with E-state index < -0.39 is 0 Å². The number of aliphatic hydroxyl groups excluding tert-OH is 2. The van der Waals surface area contributed by atoms with Crippen molar-refractivity contribution in [1.82, 2.24) is 15.1 Å². The summed E-state index contributed by atoms with van der Waals surface area (Å²) in [6.07, 6.45) is 3.65. The smallest absolute Gasteiger partial charge is 0.0640 e. The predicted octanol–water partition coefficient (Wildman–Crippen LogP) is -0.264. The van der Waals surface area contributed by atoms with Crippen LogP contribution < -0.4 is 5.32 Å². The second-order valence-corrected chi connectivity index (χ2v) is 4.23. The second kappa shape index (κ2) is 5.25. The fourth-order valence-electron chi connectivity index (χ4n) is 1.12. The first-order valence-electron chi connectivity index (χ1n) is 5.05. The summed E-state index contributed by atoms with van der Waals surface area (Å²) in [4.78, 5) is 0. The zero-order valence-electron chi connectivity index (χ0n) is 9.27. The maximum absolute atomic E-state index is 9.05. The largest absolute Gasteiger partial charge is 0.394 e. The summed E-state index contributed by atoms with van der Waals surface area (Å²) in [7, 11) is 0. The fraction of sp³-hybridized carbons (Fsp3) is 0.700. The molecule has 0 atom stereocenters. The van der Waals surface area contributed by atoms with Crippen molar-refractivity contribution in [2.45, 2.75) is 32.5 Å². The van der Waals surface area contributed by atoms with Gasteiger partial charge >= 0.3 is 0 Å². The van der Waals surface area contributed by atoms with E-state index in [1.807, 2.05) is 20.0 Å². The lowest BCUT2D eigenvalue weighted by Crippen LogP contribution is -2.41. The molecule has 0 amide bonds. The maximum Gasteiger partial charge on any atom is 0.0640 e. The minimum Gasteiger partial charge on any atom is -0.394 e. The average molecular weight is 213 g/mol. The quantitative estimate of drug-likeness (QED) is 0.608. The molecule has 0 bridgehead atoms. The Balaban J connectivity index is 2.44. The van der Waals surface area contributed by atoms with E-state index in [0.29, 0.717) is 13.1 Å². The predicted molar refractivity (Wildman–Crippen MR) is 57.3 cm³/mol. The standard InChI is InChI=1S/C10H19N3O2/c1-10(2,8-15)11-5-9-6-12-13(7-9)3-4-14/h6-7,11,14-15H,3-5,8H2,1-2H3. The summed E-state index contributed by atoms with van der Waals surface area (Å²) in [6.45, 7) is 5.24. The van der Waals surface area contributed by atoms with Crippen molar-refractivity contribution in [3.8, 4) is 0 Å². The molecule has 0 aliphatic carbocycles. The van der Waals surface area contributed by atoms with Crippen molar-refractivity contribution in [2.24, 2.45) is 0 Å². The Morgan fingerprint density at radius 1 is 1.47 bits per heavy atom. The lowest BCUT2D eigenvalue weighted by atomic mass is 10.1. The van der Waals surface area contributed by atoms with Crippen molar-refractivity contribution in [1.29, 1.82) is 0 Å². The highest BCUT2D eigenvalue weighted by molar-refractivity contribution is 5.04. The number of rotatable bonds is 6. The van der Waals surface area contributed by atoms with Gasteiger partial charge in [-0.3, -0.25) is 4.68 Å². The van der Waals surface area contributed by atoms with E-state index >= 15 is 0 Å². The number of nitrogens with zero attached hydrogens (tertiary/aromatic N) is 2. The minimum absolute atomic E-state index is 0.0939. The number of hydrogen-bond acceptors (Lipinski definition) is 4. The van der Waals surface area contributed by atoms with Crippen molar-refractivity contribution in [3.05, 3.63) is 18.0 Å². The van der Waals surface area contributed by atoms with Gasteiger partial charge in [-0.05, 0) is 13.8 Å². The Kier molecular flexibility index (Phi) is 4.26. The molecule has 0 saturated heterocycles. The fourth-order valence-corrected chi connectivity index (χ4v) is 1.12. The normalized spacial score (nSPS) is 12.0. The van der Waals surface area contributed by atoms with Crippen LogP contribution in [0.5, 0.6) is 0 Å². The van der Waals surface area contributed by atoms with Crippen LogP contribution in [0.3, 0.4) is 0 Å². The molecule has 0 aliphatic rings. The molecule has 0 saturated carbocycles. The number of nitrogens with one attached hydrogen (secondary N) is 1. The molecule has 3 N–H and O–H groups in total. The Labute approximate surface area is 89.7 Å². The highest BCUT2D eigenvalue weighted by Crippen LogP contribution is 2.03. The summed E-state index contributed by atoms with van der Waals surface area (Å²) >= 11 is 0. The monoisotopic (exact) mass is 213 g/mol. The van der Waals surface area contributed by atoms with Crippen LogP contribution in [0.4, 0.5) is 0 Å². The third-order valence-electron chi connectivity index (χ3n) is 2.18. The van der Waals surface area contributed by atoms with Crippen LogP contribution in [-0.4, -0.2) is 38.7 Å². The molecular weight excluding hydrogens is 194 g/mol. The molecule has 0 unspecified atom stereocenters. The van der Waals surface area contributed by atoms with Gasteiger partial charge in [0, 0.05) is 23.8 Å². The Morgan fingerprint density at radius 2 is 2.20 bits per heavy atom. The minimum atomic E-state index is -0.279. The van der Waals surface area contributed by atoms with Gasteiger partial charge in [-0.25, -0.2) is 0 Å². The van der Waals surface area contributed by atoms with Gasteiger partial charge in [0.05, 0.1) is 26.0 Å². The number of aliphatic hydroxyl groups is 2. The van der Waals surface area contributed by atoms with E-state index in [1.54, 1.807) is 10.9 Å². The van der Waals surface area contributed by atoms with Crippen LogP contribution in [0.2, 0.25) is 0 Å². The molecule has 1 heterocycles. The van der Waals surface area contributed by atoms with E-state index in [-0.39, 0.29) is 18.8 Å². The molecule has 0 aromatic carbocycles. The highest BCUT2D eigenvalue weighted by Gasteiger charge is 2.14. The zero-order chi connectivity index (χ0) is 11.3. The molecule has 0 fully saturated rings. The Bertz CT molecular complexity index is 297. The third-order valence-corrected chi connectivity index (χ3v) is 2.18. The van der Waals surface area contributed by atoms with Gasteiger partial charge in [0.1, 0.15) is 0 Å². The maximum atomic E-state index is 9.05. The molecule has 1 aromatic heterocycles. The number of aromatic nitrogens is 2. The molecule has 0 radical (unpaired) electrons. The molecule has 1 aromatic rings.